The number of hydrogen-bond acceptors (Lipinski definition) is 3. The van der Waals surface area contributed by atoms with Crippen LogP contribution in [0.2, 0.25) is 0 Å². The predicted molar refractivity (Wildman–Crippen MR) is 59.3 cm³/mol. The van der Waals surface area contributed by atoms with Gasteiger partial charge in [0.1, 0.15) is 6.26 Å². The molecule has 1 heterocycles. The molecule has 2 N–H and O–H groups in total. The Balaban J connectivity index is 2.44. The van der Waals surface area contributed by atoms with Crippen molar-refractivity contribution in [1.29, 1.82) is 0 Å². The Kier molecular flexibility index (Phi) is 2.56. The van der Waals surface area contributed by atoms with Crippen LogP contribution in [0.3, 0.4) is 0 Å². The molecule has 1 aromatic heterocycles. The fraction of sp³-hybridized carbons (Fsp3) is 0.250. The molecule has 0 unspecified atom stereocenters. The van der Waals surface area contributed by atoms with Crippen molar-refractivity contribution in [2.24, 2.45) is 5.73 Å². The molecule has 0 aliphatic carbocycles. The first-order valence-corrected chi connectivity index (χ1v) is 4.92. The van der Waals surface area contributed by atoms with Gasteiger partial charge in [0, 0.05) is 12.1 Å². The third kappa shape index (κ3) is 2.07. The van der Waals surface area contributed by atoms with Crippen molar-refractivity contribution in [3.8, 4) is 11.5 Å². The number of aromatic nitrogens is 1. The number of nitrogens with two attached hydrogens (primary N) is 1. The Morgan fingerprint density at radius 1 is 1.20 bits per heavy atom. The van der Waals surface area contributed by atoms with Crippen LogP contribution in [0.1, 0.15) is 16.8 Å². The van der Waals surface area contributed by atoms with Crippen LogP contribution < -0.4 is 5.73 Å². The van der Waals surface area contributed by atoms with Crippen LogP contribution in [-0.4, -0.2) is 4.98 Å². The zero-order chi connectivity index (χ0) is 10.8. The monoisotopic (exact) mass is 202 g/mol. The standard InChI is InChI=1S/C12H14N2O/c1-8-3-9(2)5-10(4-8)12-14-11(6-13)7-15-12/h3-5,7H,6,13H2,1-2H3. The maximum atomic E-state index is 5.48. The fourth-order valence-electron chi connectivity index (χ4n) is 1.63. The molecule has 0 spiro atoms. The van der Waals surface area contributed by atoms with Gasteiger partial charge in [0.15, 0.2) is 0 Å². The number of oxazole rings is 1. The molecule has 15 heavy (non-hydrogen) atoms. The van der Waals surface area contributed by atoms with Gasteiger partial charge in [-0.1, -0.05) is 17.2 Å². The van der Waals surface area contributed by atoms with Gasteiger partial charge in [-0.25, -0.2) is 4.98 Å². The molecule has 1 aromatic carbocycles. The average molecular weight is 202 g/mol. The van der Waals surface area contributed by atoms with Crippen molar-refractivity contribution < 1.29 is 4.42 Å². The molecule has 0 atom stereocenters. The van der Waals surface area contributed by atoms with Gasteiger partial charge in [-0.3, -0.25) is 0 Å². The number of rotatable bonds is 2. The van der Waals surface area contributed by atoms with E-state index in [1.165, 1.54) is 11.1 Å². The lowest BCUT2D eigenvalue weighted by Crippen LogP contribution is -1.95. The third-order valence-electron chi connectivity index (χ3n) is 2.23. The van der Waals surface area contributed by atoms with Crippen molar-refractivity contribution in [3.63, 3.8) is 0 Å². The zero-order valence-electron chi connectivity index (χ0n) is 8.95. The summed E-state index contributed by atoms with van der Waals surface area (Å²) in [7, 11) is 0. The van der Waals surface area contributed by atoms with E-state index in [1.54, 1.807) is 6.26 Å². The second-order valence-electron chi connectivity index (χ2n) is 3.72. The van der Waals surface area contributed by atoms with Crippen molar-refractivity contribution in [2.45, 2.75) is 20.4 Å². The molecule has 2 aromatic rings. The highest BCUT2D eigenvalue weighted by Gasteiger charge is 2.06. The van der Waals surface area contributed by atoms with E-state index < -0.39 is 0 Å². The smallest absolute Gasteiger partial charge is 0.226 e. The van der Waals surface area contributed by atoms with Crippen LogP contribution in [0.4, 0.5) is 0 Å². The van der Waals surface area contributed by atoms with Crippen molar-refractivity contribution in [2.75, 3.05) is 0 Å². The Bertz CT molecular complexity index is 454. The molecule has 3 nitrogen and oxygen atoms in total. The molecule has 0 radical (unpaired) electrons. The van der Waals surface area contributed by atoms with Crippen LogP contribution in [-0.2, 0) is 6.54 Å². The van der Waals surface area contributed by atoms with E-state index in [1.807, 2.05) is 0 Å². The molecule has 0 fully saturated rings. The molecule has 0 saturated heterocycles. The van der Waals surface area contributed by atoms with Gasteiger partial charge in [-0.15, -0.1) is 0 Å². The maximum absolute atomic E-state index is 5.48. The van der Waals surface area contributed by atoms with Crippen molar-refractivity contribution in [3.05, 3.63) is 41.3 Å². The summed E-state index contributed by atoms with van der Waals surface area (Å²) >= 11 is 0. The number of hydrogen-bond donors (Lipinski definition) is 1. The molecule has 0 bridgehead atoms. The first-order chi connectivity index (χ1) is 7.19. The van der Waals surface area contributed by atoms with E-state index in [-0.39, 0.29) is 0 Å². The van der Waals surface area contributed by atoms with Crippen molar-refractivity contribution >= 4 is 0 Å². The van der Waals surface area contributed by atoms with E-state index in [0.717, 1.165) is 11.3 Å². The SMILES string of the molecule is Cc1cc(C)cc(-c2nc(CN)co2)c1. The van der Waals surface area contributed by atoms with Crippen molar-refractivity contribution in [1.82, 2.24) is 4.98 Å². The summed E-state index contributed by atoms with van der Waals surface area (Å²) in [6, 6.07) is 6.23. The summed E-state index contributed by atoms with van der Waals surface area (Å²) < 4.78 is 5.36. The largest absolute Gasteiger partial charge is 0.444 e. The molecular weight excluding hydrogens is 188 g/mol. The average Bonchev–Trinajstić information content (AvgIpc) is 2.64. The normalized spacial score (nSPS) is 10.6. The van der Waals surface area contributed by atoms with E-state index >= 15 is 0 Å². The first kappa shape index (κ1) is 9.93. The van der Waals surface area contributed by atoms with Gasteiger partial charge in [0.05, 0.1) is 5.69 Å². The minimum absolute atomic E-state index is 0.411. The third-order valence-corrected chi connectivity index (χ3v) is 2.23. The highest BCUT2D eigenvalue weighted by atomic mass is 16.3. The lowest BCUT2D eigenvalue weighted by Gasteiger charge is -2.00. The molecule has 2 rings (SSSR count). The maximum Gasteiger partial charge on any atom is 0.226 e. The summed E-state index contributed by atoms with van der Waals surface area (Å²) in [5.41, 5.74) is 9.68. The quantitative estimate of drug-likeness (QED) is 0.813. The Labute approximate surface area is 88.9 Å². The van der Waals surface area contributed by atoms with E-state index in [9.17, 15) is 0 Å². The minimum Gasteiger partial charge on any atom is -0.444 e. The van der Waals surface area contributed by atoms with Crippen LogP contribution in [0, 0.1) is 13.8 Å². The Hall–Kier alpha value is -1.61. The van der Waals surface area contributed by atoms with Crippen LogP contribution in [0.5, 0.6) is 0 Å². The highest BCUT2D eigenvalue weighted by Crippen LogP contribution is 2.21. The molecule has 0 aliphatic rings. The molecule has 0 saturated carbocycles. The molecule has 78 valence electrons. The van der Waals surface area contributed by atoms with Gasteiger partial charge < -0.3 is 10.2 Å². The van der Waals surface area contributed by atoms with Gasteiger partial charge in [-0.2, -0.15) is 0 Å². The molecule has 0 aliphatic heterocycles. The highest BCUT2D eigenvalue weighted by molar-refractivity contribution is 5.56. The minimum atomic E-state index is 0.411. The molecular formula is C12H14N2O. The van der Waals surface area contributed by atoms with Gasteiger partial charge >= 0.3 is 0 Å². The van der Waals surface area contributed by atoms with E-state index in [4.69, 9.17) is 10.2 Å². The van der Waals surface area contributed by atoms with Crippen LogP contribution in [0.25, 0.3) is 11.5 Å². The Morgan fingerprint density at radius 2 is 1.87 bits per heavy atom. The lowest BCUT2D eigenvalue weighted by atomic mass is 10.1. The number of benzene rings is 1. The predicted octanol–water partition coefficient (Wildman–Crippen LogP) is 2.42. The lowest BCUT2D eigenvalue weighted by molar-refractivity contribution is 0.572. The number of nitrogens with zero attached hydrogens (tertiary/aromatic N) is 1. The molecule has 0 amide bonds. The summed E-state index contributed by atoms with van der Waals surface area (Å²) in [6.07, 6.45) is 1.60. The second kappa shape index (κ2) is 3.87. The summed E-state index contributed by atoms with van der Waals surface area (Å²) in [5, 5.41) is 0. The summed E-state index contributed by atoms with van der Waals surface area (Å²) in [6.45, 7) is 4.53. The van der Waals surface area contributed by atoms with Gasteiger partial charge in [0.2, 0.25) is 5.89 Å². The fourth-order valence-corrected chi connectivity index (χ4v) is 1.63. The molecule has 3 heteroatoms. The van der Waals surface area contributed by atoms with E-state index in [2.05, 4.69) is 37.0 Å². The number of aryl methyl sites for hydroxylation is 2. The summed E-state index contributed by atoms with van der Waals surface area (Å²) in [4.78, 5) is 4.29. The Morgan fingerprint density at radius 3 is 2.40 bits per heavy atom. The van der Waals surface area contributed by atoms with Crippen LogP contribution in [0.15, 0.2) is 28.9 Å². The van der Waals surface area contributed by atoms with Crippen LogP contribution >= 0.6 is 0 Å². The van der Waals surface area contributed by atoms with E-state index in [0.29, 0.717) is 12.4 Å². The summed E-state index contributed by atoms with van der Waals surface area (Å²) in [5.74, 6) is 0.641. The van der Waals surface area contributed by atoms with Gasteiger partial charge in [0.25, 0.3) is 0 Å². The first-order valence-electron chi connectivity index (χ1n) is 4.92. The topological polar surface area (TPSA) is 52.0 Å². The van der Waals surface area contributed by atoms with Gasteiger partial charge in [-0.05, 0) is 26.0 Å². The second-order valence-corrected chi connectivity index (χ2v) is 3.72. The zero-order valence-corrected chi connectivity index (χ0v) is 8.95.